The molecule has 0 saturated carbocycles. The molecule has 0 aliphatic carbocycles. The summed E-state index contributed by atoms with van der Waals surface area (Å²) >= 11 is 0. The predicted octanol–water partition coefficient (Wildman–Crippen LogP) is 0.865. The number of aliphatic imine (C=N–C) groups is 1. The Balaban J connectivity index is 0.00000361. The summed E-state index contributed by atoms with van der Waals surface area (Å²) in [6, 6.07) is 0. The van der Waals surface area contributed by atoms with E-state index in [9.17, 15) is 4.79 Å². The molecule has 1 heterocycles. The summed E-state index contributed by atoms with van der Waals surface area (Å²) in [4.78, 5) is 15.7. The third-order valence-electron chi connectivity index (χ3n) is 2.82. The summed E-state index contributed by atoms with van der Waals surface area (Å²) in [7, 11) is 0. The zero-order valence-electron chi connectivity index (χ0n) is 12.4. The number of ether oxygens (including phenoxy) is 1. The fourth-order valence-corrected chi connectivity index (χ4v) is 1.83. The van der Waals surface area contributed by atoms with E-state index in [4.69, 9.17) is 4.74 Å². The Kier molecular flexibility index (Phi) is 11.8. The number of carbonyl (C=O) groups is 1. The van der Waals surface area contributed by atoms with Crippen molar-refractivity contribution in [1.29, 1.82) is 0 Å². The fraction of sp³-hybridized carbons (Fsp3) is 0.846. The van der Waals surface area contributed by atoms with Crippen LogP contribution in [-0.4, -0.2) is 50.8 Å². The average Bonchev–Trinajstić information content (AvgIpc) is 2.92. The van der Waals surface area contributed by atoms with Gasteiger partial charge in [0.05, 0.1) is 6.10 Å². The Hall–Kier alpha value is -0.570. The van der Waals surface area contributed by atoms with Gasteiger partial charge in [0.1, 0.15) is 6.54 Å². The van der Waals surface area contributed by atoms with E-state index in [2.05, 4.69) is 20.9 Å². The van der Waals surface area contributed by atoms with Crippen LogP contribution in [-0.2, 0) is 9.53 Å². The number of guanidine groups is 1. The molecule has 0 aromatic rings. The van der Waals surface area contributed by atoms with Crippen molar-refractivity contribution < 1.29 is 9.53 Å². The third-order valence-corrected chi connectivity index (χ3v) is 2.82. The topological polar surface area (TPSA) is 74.8 Å². The van der Waals surface area contributed by atoms with Crippen LogP contribution in [0.4, 0.5) is 0 Å². The SMILES string of the molecule is CCCNC(=O)CN=C(NCC)NCC1CCCO1.I. The minimum Gasteiger partial charge on any atom is -0.376 e. The summed E-state index contributed by atoms with van der Waals surface area (Å²) in [5, 5.41) is 9.13. The van der Waals surface area contributed by atoms with Gasteiger partial charge in [0.15, 0.2) is 5.96 Å². The molecule has 1 aliphatic heterocycles. The minimum atomic E-state index is -0.0452. The largest absolute Gasteiger partial charge is 0.376 e. The Morgan fingerprint density at radius 2 is 2.10 bits per heavy atom. The molecule has 7 heteroatoms. The molecular formula is C13H27IN4O2. The molecule has 20 heavy (non-hydrogen) atoms. The van der Waals surface area contributed by atoms with Gasteiger partial charge in [-0.25, -0.2) is 4.99 Å². The lowest BCUT2D eigenvalue weighted by atomic mass is 10.2. The normalized spacial score (nSPS) is 18.3. The van der Waals surface area contributed by atoms with Crippen molar-refractivity contribution in [2.75, 3.05) is 32.8 Å². The first kappa shape index (κ1) is 19.4. The molecule has 1 rings (SSSR count). The zero-order valence-corrected chi connectivity index (χ0v) is 14.7. The van der Waals surface area contributed by atoms with E-state index in [-0.39, 0.29) is 42.5 Å². The highest BCUT2D eigenvalue weighted by atomic mass is 127. The summed E-state index contributed by atoms with van der Waals surface area (Å²) in [5.74, 6) is 0.626. The standard InChI is InChI=1S/C13H26N4O2.HI/c1-3-7-15-12(18)10-17-13(14-4-2)16-9-11-6-5-8-19-11;/h11H,3-10H2,1-2H3,(H,15,18)(H2,14,16,17);1H. The molecule has 1 unspecified atom stereocenters. The summed E-state index contributed by atoms with van der Waals surface area (Å²) in [6.07, 6.45) is 3.41. The van der Waals surface area contributed by atoms with Gasteiger partial charge in [-0.2, -0.15) is 0 Å². The van der Waals surface area contributed by atoms with E-state index in [0.717, 1.165) is 39.0 Å². The van der Waals surface area contributed by atoms with Gasteiger partial charge >= 0.3 is 0 Å². The number of hydrogen-bond donors (Lipinski definition) is 3. The third kappa shape index (κ3) is 8.57. The van der Waals surface area contributed by atoms with Crippen LogP contribution in [0.5, 0.6) is 0 Å². The van der Waals surface area contributed by atoms with Gasteiger partial charge in [-0.1, -0.05) is 6.92 Å². The number of nitrogens with zero attached hydrogens (tertiary/aromatic N) is 1. The van der Waals surface area contributed by atoms with E-state index >= 15 is 0 Å². The van der Waals surface area contributed by atoms with Gasteiger partial charge in [-0.3, -0.25) is 4.79 Å². The first-order valence-corrected chi connectivity index (χ1v) is 7.16. The highest BCUT2D eigenvalue weighted by Gasteiger charge is 2.15. The lowest BCUT2D eigenvalue weighted by Gasteiger charge is -2.14. The van der Waals surface area contributed by atoms with Crippen molar-refractivity contribution in [2.45, 2.75) is 39.2 Å². The molecule has 1 atom stereocenters. The average molecular weight is 398 g/mol. The molecule has 118 valence electrons. The highest BCUT2D eigenvalue weighted by molar-refractivity contribution is 14.0. The summed E-state index contributed by atoms with van der Waals surface area (Å²) in [5.41, 5.74) is 0. The maximum Gasteiger partial charge on any atom is 0.241 e. The van der Waals surface area contributed by atoms with E-state index in [0.29, 0.717) is 12.5 Å². The van der Waals surface area contributed by atoms with Crippen molar-refractivity contribution in [3.05, 3.63) is 0 Å². The first-order valence-electron chi connectivity index (χ1n) is 7.16. The van der Waals surface area contributed by atoms with Gasteiger partial charge in [0.2, 0.25) is 5.91 Å². The Labute approximate surface area is 138 Å². The van der Waals surface area contributed by atoms with Crippen molar-refractivity contribution in [3.8, 4) is 0 Å². The monoisotopic (exact) mass is 398 g/mol. The molecule has 3 N–H and O–H groups in total. The van der Waals surface area contributed by atoms with Crippen LogP contribution >= 0.6 is 24.0 Å². The summed E-state index contributed by atoms with van der Waals surface area (Å²) in [6.45, 7) is 7.24. The molecule has 1 aliphatic rings. The fourth-order valence-electron chi connectivity index (χ4n) is 1.83. The maximum atomic E-state index is 11.5. The van der Waals surface area contributed by atoms with Crippen LogP contribution in [0.1, 0.15) is 33.1 Å². The maximum absolute atomic E-state index is 11.5. The van der Waals surface area contributed by atoms with Gasteiger partial charge in [-0.05, 0) is 26.2 Å². The first-order chi connectivity index (χ1) is 9.26. The Morgan fingerprint density at radius 3 is 2.70 bits per heavy atom. The molecule has 0 radical (unpaired) electrons. The van der Waals surface area contributed by atoms with E-state index in [1.165, 1.54) is 0 Å². The number of rotatable bonds is 7. The van der Waals surface area contributed by atoms with Gasteiger partial charge < -0.3 is 20.7 Å². The number of halogens is 1. The van der Waals surface area contributed by atoms with E-state index in [1.54, 1.807) is 0 Å². The van der Waals surface area contributed by atoms with E-state index in [1.807, 2.05) is 13.8 Å². The molecule has 0 bridgehead atoms. The number of hydrogen-bond acceptors (Lipinski definition) is 3. The molecule has 0 aromatic heterocycles. The predicted molar refractivity (Wildman–Crippen MR) is 91.7 cm³/mol. The summed E-state index contributed by atoms with van der Waals surface area (Å²) < 4.78 is 5.54. The second kappa shape index (κ2) is 12.2. The minimum absolute atomic E-state index is 0. The van der Waals surface area contributed by atoms with Crippen molar-refractivity contribution in [1.82, 2.24) is 16.0 Å². The quantitative estimate of drug-likeness (QED) is 0.338. The van der Waals surface area contributed by atoms with E-state index < -0.39 is 0 Å². The van der Waals surface area contributed by atoms with Gasteiger partial charge in [0, 0.05) is 26.2 Å². The zero-order chi connectivity index (χ0) is 13.9. The van der Waals surface area contributed by atoms with Crippen molar-refractivity contribution in [3.63, 3.8) is 0 Å². The smallest absolute Gasteiger partial charge is 0.241 e. The van der Waals surface area contributed by atoms with Crippen LogP contribution in [0.15, 0.2) is 4.99 Å². The van der Waals surface area contributed by atoms with Gasteiger partial charge in [-0.15, -0.1) is 24.0 Å². The molecule has 1 fully saturated rings. The number of nitrogens with one attached hydrogen (secondary N) is 3. The molecule has 0 aromatic carbocycles. The molecular weight excluding hydrogens is 371 g/mol. The Bertz CT molecular complexity index is 294. The molecule has 1 amide bonds. The lowest BCUT2D eigenvalue weighted by molar-refractivity contribution is -0.119. The van der Waals surface area contributed by atoms with Crippen LogP contribution < -0.4 is 16.0 Å². The molecule has 6 nitrogen and oxygen atoms in total. The second-order valence-corrected chi connectivity index (χ2v) is 4.56. The molecule has 0 spiro atoms. The number of carbonyl (C=O) groups excluding carboxylic acids is 1. The lowest BCUT2D eigenvalue weighted by Crippen LogP contribution is -2.41. The highest BCUT2D eigenvalue weighted by Crippen LogP contribution is 2.10. The van der Waals surface area contributed by atoms with Crippen LogP contribution in [0.2, 0.25) is 0 Å². The van der Waals surface area contributed by atoms with Crippen LogP contribution in [0, 0.1) is 0 Å². The van der Waals surface area contributed by atoms with Crippen molar-refractivity contribution >= 4 is 35.8 Å². The second-order valence-electron chi connectivity index (χ2n) is 4.56. The van der Waals surface area contributed by atoms with Crippen LogP contribution in [0.25, 0.3) is 0 Å². The van der Waals surface area contributed by atoms with Gasteiger partial charge in [0.25, 0.3) is 0 Å². The Morgan fingerprint density at radius 1 is 1.30 bits per heavy atom. The van der Waals surface area contributed by atoms with Crippen LogP contribution in [0.3, 0.4) is 0 Å². The molecule has 1 saturated heterocycles. The number of amides is 1. The van der Waals surface area contributed by atoms with Crippen molar-refractivity contribution in [2.24, 2.45) is 4.99 Å².